The Labute approximate surface area is 187 Å². The molecule has 0 bridgehead atoms. The molecule has 0 saturated carbocycles. The summed E-state index contributed by atoms with van der Waals surface area (Å²) >= 11 is 0. The second kappa shape index (κ2) is 10.0. The van der Waals surface area contributed by atoms with Crippen LogP contribution < -0.4 is 19.7 Å². The number of nitrogens with zero attached hydrogens (tertiary/aromatic N) is 1. The van der Waals surface area contributed by atoms with Crippen molar-refractivity contribution in [3.63, 3.8) is 0 Å². The van der Waals surface area contributed by atoms with Gasteiger partial charge in [0.25, 0.3) is 5.91 Å². The van der Waals surface area contributed by atoms with E-state index in [2.05, 4.69) is 5.32 Å². The summed E-state index contributed by atoms with van der Waals surface area (Å²) in [5.74, 6) is 1.02. The van der Waals surface area contributed by atoms with Gasteiger partial charge in [0.15, 0.2) is 11.5 Å². The number of para-hydroxylation sites is 4. The lowest BCUT2D eigenvalue weighted by molar-refractivity contribution is -0.117. The Hall–Kier alpha value is -3.80. The average molecular weight is 431 g/mol. The lowest BCUT2D eigenvalue weighted by Gasteiger charge is -2.29. The number of hydrogen-bond acceptors (Lipinski definition) is 4. The molecule has 32 heavy (non-hydrogen) atoms. The summed E-state index contributed by atoms with van der Waals surface area (Å²) < 4.78 is 11.6. The predicted octanol–water partition coefficient (Wildman–Crippen LogP) is 4.59. The summed E-state index contributed by atoms with van der Waals surface area (Å²) in [5, 5.41) is 2.75. The van der Waals surface area contributed by atoms with Gasteiger partial charge in [-0.15, -0.1) is 0 Å². The van der Waals surface area contributed by atoms with Crippen LogP contribution in [0.3, 0.4) is 0 Å². The molecule has 0 aromatic heterocycles. The van der Waals surface area contributed by atoms with E-state index in [1.807, 2.05) is 49.4 Å². The Morgan fingerprint density at radius 2 is 1.59 bits per heavy atom. The van der Waals surface area contributed by atoms with E-state index >= 15 is 0 Å². The summed E-state index contributed by atoms with van der Waals surface area (Å²) in [4.78, 5) is 27.5. The van der Waals surface area contributed by atoms with Gasteiger partial charge in [0.1, 0.15) is 5.75 Å². The summed E-state index contributed by atoms with van der Waals surface area (Å²) in [7, 11) is 0. The maximum atomic E-state index is 12.9. The minimum atomic E-state index is -0.367. The number of carbonyl (C=O) groups excluding carboxylic acids is 2. The van der Waals surface area contributed by atoms with Crippen molar-refractivity contribution in [2.75, 3.05) is 24.6 Å². The van der Waals surface area contributed by atoms with Crippen LogP contribution in [0.2, 0.25) is 0 Å². The number of aryl methyl sites for hydroxylation is 1. The van der Waals surface area contributed by atoms with Crippen molar-refractivity contribution in [1.82, 2.24) is 5.32 Å². The number of nitrogens with one attached hydrogen (secondary N) is 1. The largest absolute Gasteiger partial charge is 0.490 e. The third-order valence-corrected chi connectivity index (χ3v) is 5.31. The first kappa shape index (κ1) is 21.4. The summed E-state index contributed by atoms with van der Waals surface area (Å²) in [6.07, 6.45) is 1.87. The highest BCUT2D eigenvalue weighted by Gasteiger charge is 2.23. The maximum absolute atomic E-state index is 12.9. The van der Waals surface area contributed by atoms with Gasteiger partial charge in [-0.3, -0.25) is 9.59 Å². The molecular weight excluding hydrogens is 404 g/mol. The number of carbonyl (C=O) groups is 2. The van der Waals surface area contributed by atoms with Gasteiger partial charge >= 0.3 is 0 Å². The first-order valence-corrected chi connectivity index (χ1v) is 10.8. The van der Waals surface area contributed by atoms with E-state index < -0.39 is 0 Å². The molecule has 3 aromatic carbocycles. The highest BCUT2D eigenvalue weighted by atomic mass is 16.5. The van der Waals surface area contributed by atoms with E-state index in [0.29, 0.717) is 36.0 Å². The molecule has 1 aliphatic heterocycles. The molecule has 6 heteroatoms. The van der Waals surface area contributed by atoms with Crippen LogP contribution in [0.5, 0.6) is 17.2 Å². The Morgan fingerprint density at radius 1 is 0.906 bits per heavy atom. The van der Waals surface area contributed by atoms with Crippen molar-refractivity contribution in [3.8, 4) is 17.2 Å². The summed E-state index contributed by atoms with van der Waals surface area (Å²) in [6, 6.07) is 22.2. The second-order valence-corrected chi connectivity index (χ2v) is 7.44. The van der Waals surface area contributed by atoms with Crippen molar-refractivity contribution in [1.29, 1.82) is 0 Å². The Balaban J connectivity index is 1.46. The van der Waals surface area contributed by atoms with Crippen LogP contribution in [0.15, 0.2) is 72.8 Å². The maximum Gasteiger partial charge on any atom is 0.255 e. The molecule has 0 spiro atoms. The summed E-state index contributed by atoms with van der Waals surface area (Å²) in [6.45, 7) is 2.97. The topological polar surface area (TPSA) is 67.9 Å². The SMILES string of the molecule is CCOc1ccccc1Oc1ccccc1C(=O)NCC(=O)N1CCCc2ccccc21. The van der Waals surface area contributed by atoms with Crippen LogP contribution >= 0.6 is 0 Å². The van der Waals surface area contributed by atoms with Crippen LogP contribution in [0.25, 0.3) is 0 Å². The molecule has 0 radical (unpaired) electrons. The smallest absolute Gasteiger partial charge is 0.255 e. The second-order valence-electron chi connectivity index (χ2n) is 7.44. The lowest BCUT2D eigenvalue weighted by Crippen LogP contribution is -2.42. The lowest BCUT2D eigenvalue weighted by atomic mass is 10.0. The molecule has 1 heterocycles. The number of rotatable bonds is 7. The van der Waals surface area contributed by atoms with E-state index in [1.54, 1.807) is 35.2 Å². The highest BCUT2D eigenvalue weighted by Crippen LogP contribution is 2.33. The molecule has 0 fully saturated rings. The fourth-order valence-electron chi connectivity index (χ4n) is 3.81. The first-order chi connectivity index (χ1) is 15.7. The molecule has 2 amide bonds. The quantitative estimate of drug-likeness (QED) is 0.596. The average Bonchev–Trinajstić information content (AvgIpc) is 2.83. The van der Waals surface area contributed by atoms with Crippen molar-refractivity contribution < 1.29 is 19.1 Å². The van der Waals surface area contributed by atoms with Crippen LogP contribution in [0, 0.1) is 0 Å². The van der Waals surface area contributed by atoms with E-state index in [4.69, 9.17) is 9.47 Å². The fraction of sp³-hybridized carbons (Fsp3) is 0.231. The zero-order chi connectivity index (χ0) is 22.3. The minimum Gasteiger partial charge on any atom is -0.490 e. The molecular formula is C26H26N2O4. The standard InChI is InChI=1S/C26H26N2O4/c1-2-31-23-15-7-8-16-24(23)32-22-14-6-4-12-20(22)26(30)27-18-25(29)28-17-9-11-19-10-3-5-13-21(19)28/h3-8,10,12-16H,2,9,11,17-18H2,1H3,(H,27,30). The third kappa shape index (κ3) is 4.75. The first-order valence-electron chi connectivity index (χ1n) is 10.8. The van der Waals surface area contributed by atoms with Crippen molar-refractivity contribution in [3.05, 3.63) is 83.9 Å². The molecule has 0 saturated heterocycles. The molecule has 6 nitrogen and oxygen atoms in total. The van der Waals surface area contributed by atoms with Crippen molar-refractivity contribution >= 4 is 17.5 Å². The molecule has 0 aliphatic carbocycles. The Kier molecular flexibility index (Phi) is 6.70. The summed E-state index contributed by atoms with van der Waals surface area (Å²) in [5.41, 5.74) is 2.44. The van der Waals surface area contributed by atoms with Gasteiger partial charge in [0, 0.05) is 12.2 Å². The molecule has 164 valence electrons. The molecule has 0 atom stereocenters. The van der Waals surface area contributed by atoms with Crippen molar-refractivity contribution in [2.45, 2.75) is 19.8 Å². The van der Waals surface area contributed by atoms with E-state index in [0.717, 1.165) is 24.1 Å². The monoisotopic (exact) mass is 430 g/mol. The molecule has 1 N–H and O–H groups in total. The van der Waals surface area contributed by atoms with E-state index in [9.17, 15) is 9.59 Å². The molecule has 4 rings (SSSR count). The normalized spacial score (nSPS) is 12.6. The Bertz CT molecular complexity index is 1110. The zero-order valence-corrected chi connectivity index (χ0v) is 18.0. The van der Waals surface area contributed by atoms with Gasteiger partial charge in [-0.05, 0) is 55.7 Å². The van der Waals surface area contributed by atoms with Crippen LogP contribution in [-0.4, -0.2) is 31.5 Å². The molecule has 3 aromatic rings. The number of ether oxygens (including phenoxy) is 2. The number of amides is 2. The number of benzene rings is 3. The number of hydrogen-bond donors (Lipinski definition) is 1. The van der Waals surface area contributed by atoms with Gasteiger partial charge in [0.2, 0.25) is 5.91 Å². The molecule has 0 unspecified atom stereocenters. The van der Waals surface area contributed by atoms with E-state index in [1.165, 1.54) is 0 Å². The fourth-order valence-corrected chi connectivity index (χ4v) is 3.81. The highest BCUT2D eigenvalue weighted by molar-refractivity contribution is 6.02. The van der Waals surface area contributed by atoms with Gasteiger partial charge in [-0.25, -0.2) is 0 Å². The minimum absolute atomic E-state index is 0.0863. The predicted molar refractivity (Wildman–Crippen MR) is 124 cm³/mol. The Morgan fingerprint density at radius 3 is 2.41 bits per heavy atom. The van der Waals surface area contributed by atoms with E-state index in [-0.39, 0.29) is 18.4 Å². The molecule has 1 aliphatic rings. The third-order valence-electron chi connectivity index (χ3n) is 5.31. The van der Waals surface area contributed by atoms with Crippen LogP contribution in [-0.2, 0) is 11.2 Å². The van der Waals surface area contributed by atoms with Crippen LogP contribution in [0.4, 0.5) is 5.69 Å². The van der Waals surface area contributed by atoms with Gasteiger partial charge in [-0.1, -0.05) is 42.5 Å². The van der Waals surface area contributed by atoms with Gasteiger partial charge < -0.3 is 19.7 Å². The van der Waals surface area contributed by atoms with Crippen molar-refractivity contribution in [2.24, 2.45) is 0 Å². The zero-order valence-electron chi connectivity index (χ0n) is 18.0. The number of fused-ring (bicyclic) bond motifs is 1. The van der Waals surface area contributed by atoms with Gasteiger partial charge in [-0.2, -0.15) is 0 Å². The number of anilines is 1. The van der Waals surface area contributed by atoms with Crippen LogP contribution in [0.1, 0.15) is 29.3 Å². The van der Waals surface area contributed by atoms with Gasteiger partial charge in [0.05, 0.1) is 18.7 Å².